The van der Waals surface area contributed by atoms with Crippen molar-refractivity contribution in [3.63, 3.8) is 0 Å². The second kappa shape index (κ2) is 18.3. The highest BCUT2D eigenvalue weighted by atomic mass is 32.1. The Hall–Kier alpha value is -5.76. The number of aromatic nitrogens is 4. The second-order valence-corrected chi connectivity index (χ2v) is 13.8. The molecule has 278 valence electrons. The van der Waals surface area contributed by atoms with Crippen molar-refractivity contribution in [1.82, 2.24) is 24.8 Å². The summed E-state index contributed by atoms with van der Waals surface area (Å²) in [5.74, 6) is 2.53. The number of carbonyl (C=O) groups is 2. The Kier molecular flexibility index (Phi) is 12.9. The minimum atomic E-state index is -0.186. The summed E-state index contributed by atoms with van der Waals surface area (Å²) in [5.41, 5.74) is 5.75. The number of aryl methyl sites for hydroxylation is 1. The predicted octanol–water partition coefficient (Wildman–Crippen LogP) is 6.34. The van der Waals surface area contributed by atoms with Crippen molar-refractivity contribution in [3.05, 3.63) is 119 Å². The molecular formula is C41H43N7O5S. The van der Waals surface area contributed by atoms with Gasteiger partial charge in [0.05, 0.1) is 29.2 Å². The Morgan fingerprint density at radius 1 is 0.926 bits per heavy atom. The highest BCUT2D eigenvalue weighted by Crippen LogP contribution is 2.30. The Labute approximate surface area is 318 Å². The monoisotopic (exact) mass is 745 g/mol. The summed E-state index contributed by atoms with van der Waals surface area (Å²) < 4.78 is 12.7. The van der Waals surface area contributed by atoms with Gasteiger partial charge >= 0.3 is 0 Å². The van der Waals surface area contributed by atoms with Crippen molar-refractivity contribution in [2.24, 2.45) is 0 Å². The highest BCUT2D eigenvalue weighted by Gasteiger charge is 2.24. The minimum absolute atomic E-state index is 0.186. The number of anilines is 2. The van der Waals surface area contributed by atoms with E-state index in [2.05, 4.69) is 36.1 Å². The molecule has 0 fully saturated rings. The summed E-state index contributed by atoms with van der Waals surface area (Å²) in [6.07, 6.45) is 6.32. The van der Waals surface area contributed by atoms with Crippen molar-refractivity contribution >= 4 is 44.7 Å². The van der Waals surface area contributed by atoms with Crippen molar-refractivity contribution < 1.29 is 24.2 Å². The van der Waals surface area contributed by atoms with Crippen molar-refractivity contribution in [2.45, 2.75) is 25.8 Å². The highest BCUT2D eigenvalue weighted by molar-refractivity contribution is 7.22. The zero-order valence-electron chi connectivity index (χ0n) is 30.6. The smallest absolute Gasteiger partial charge is 0.257 e. The van der Waals surface area contributed by atoms with Crippen LogP contribution in [0.15, 0.2) is 91.3 Å². The van der Waals surface area contributed by atoms with Gasteiger partial charge in [0.1, 0.15) is 23.9 Å². The van der Waals surface area contributed by atoms with E-state index < -0.39 is 0 Å². The molecule has 3 aromatic heterocycles. The van der Waals surface area contributed by atoms with E-state index in [4.69, 9.17) is 19.6 Å². The van der Waals surface area contributed by atoms with Crippen LogP contribution in [0.25, 0.3) is 21.6 Å². The molecule has 12 nitrogen and oxygen atoms in total. The molecular weight excluding hydrogens is 703 g/mol. The van der Waals surface area contributed by atoms with Gasteiger partial charge in [0.25, 0.3) is 5.91 Å². The Balaban J connectivity index is 0.00000245. The molecule has 0 saturated carbocycles. The van der Waals surface area contributed by atoms with E-state index in [1.807, 2.05) is 86.9 Å². The number of fused-ring (bicyclic) bond motifs is 2. The van der Waals surface area contributed by atoms with E-state index in [-0.39, 0.29) is 5.91 Å². The van der Waals surface area contributed by atoms with Gasteiger partial charge in [0.15, 0.2) is 23.0 Å². The molecule has 0 radical (unpaired) electrons. The standard InChI is InChI=1S/C40H39N7O4S.CH4O/c1-46(2)20-22-51-31-23-41-38(42-24-31)29-12-15-30(16-13-29)50-21-6-8-28-14-17-37(43-35(28)26-48)47-19-18-27-7-5-9-32(33(27)25-47)39(49)45-40-44-34-10-3-4-11-36(34)52-40;1-2/h3-5,7,9-17,23-24,26H,6,8,18-22,25H2,1-2H3,(H,44,45,49);2H,1H3. The van der Waals surface area contributed by atoms with Gasteiger partial charge in [-0.3, -0.25) is 14.9 Å². The molecule has 1 aliphatic heterocycles. The largest absolute Gasteiger partial charge is 0.494 e. The quantitative estimate of drug-likeness (QED) is 0.0953. The summed E-state index contributed by atoms with van der Waals surface area (Å²) in [4.78, 5) is 47.9. The van der Waals surface area contributed by atoms with Crippen LogP contribution in [0, 0.1) is 0 Å². The van der Waals surface area contributed by atoms with Crippen LogP contribution >= 0.6 is 11.3 Å². The summed E-state index contributed by atoms with van der Waals surface area (Å²) in [5, 5.41) is 10.6. The number of para-hydroxylation sites is 1. The number of carbonyl (C=O) groups excluding carboxylic acids is 2. The SMILES string of the molecule is CN(C)CCOc1cnc(-c2ccc(OCCCc3ccc(N4CCc5cccc(C(=O)Nc6nc7ccccc7s6)c5C4)nc3C=O)cc2)nc1.CO. The first-order valence-electron chi connectivity index (χ1n) is 17.7. The number of pyridine rings is 1. The topological polar surface area (TPSA) is 143 Å². The van der Waals surface area contributed by atoms with Gasteiger partial charge in [-0.2, -0.15) is 0 Å². The fourth-order valence-corrected chi connectivity index (χ4v) is 6.96. The van der Waals surface area contributed by atoms with Crippen molar-refractivity contribution in [1.29, 1.82) is 0 Å². The number of aliphatic hydroxyl groups is 1. The van der Waals surface area contributed by atoms with Crippen LogP contribution in [0.1, 0.15) is 44.0 Å². The summed E-state index contributed by atoms with van der Waals surface area (Å²) in [6, 6.07) is 25.3. The first kappa shape index (κ1) is 38.0. The zero-order valence-corrected chi connectivity index (χ0v) is 31.4. The van der Waals surface area contributed by atoms with E-state index in [0.717, 1.165) is 71.1 Å². The number of aldehydes is 1. The molecule has 3 aromatic carbocycles. The number of nitrogens with one attached hydrogen (secondary N) is 1. The van der Waals surface area contributed by atoms with Crippen LogP contribution in [0.4, 0.5) is 10.9 Å². The molecule has 6 aromatic rings. The van der Waals surface area contributed by atoms with Crippen LogP contribution < -0.4 is 19.7 Å². The first-order valence-corrected chi connectivity index (χ1v) is 18.5. The van der Waals surface area contributed by atoms with Gasteiger partial charge in [-0.1, -0.05) is 41.7 Å². The lowest BCUT2D eigenvalue weighted by Crippen LogP contribution is -2.33. The number of hydrogen-bond acceptors (Lipinski definition) is 12. The lowest BCUT2D eigenvalue weighted by molar-refractivity contribution is 0.102. The maximum Gasteiger partial charge on any atom is 0.257 e. The molecule has 0 spiro atoms. The fourth-order valence-electron chi connectivity index (χ4n) is 6.10. The number of likely N-dealkylation sites (N-methyl/N-ethyl adjacent to an activating group) is 1. The van der Waals surface area contributed by atoms with E-state index in [0.29, 0.717) is 66.4 Å². The van der Waals surface area contributed by atoms with E-state index >= 15 is 0 Å². The molecule has 1 aliphatic rings. The van der Waals surface area contributed by atoms with Gasteiger partial charge < -0.3 is 24.4 Å². The normalized spacial score (nSPS) is 12.1. The van der Waals surface area contributed by atoms with Gasteiger partial charge in [-0.15, -0.1) is 0 Å². The molecule has 0 bridgehead atoms. The molecule has 0 atom stereocenters. The Bertz CT molecular complexity index is 2140. The van der Waals surface area contributed by atoms with Crippen molar-refractivity contribution in [3.8, 4) is 22.9 Å². The maximum absolute atomic E-state index is 13.4. The number of aliphatic hydroxyl groups excluding tert-OH is 1. The van der Waals surface area contributed by atoms with E-state index in [1.54, 1.807) is 12.4 Å². The molecule has 54 heavy (non-hydrogen) atoms. The third kappa shape index (κ3) is 9.42. The summed E-state index contributed by atoms with van der Waals surface area (Å²) in [6.45, 7) is 3.12. The zero-order chi connectivity index (χ0) is 37.9. The average Bonchev–Trinajstić information content (AvgIpc) is 3.62. The molecule has 0 aliphatic carbocycles. The van der Waals surface area contributed by atoms with Crippen LogP contribution in [-0.2, 0) is 19.4 Å². The number of benzene rings is 3. The molecule has 2 N–H and O–H groups in total. The molecule has 13 heteroatoms. The predicted molar refractivity (Wildman–Crippen MR) is 212 cm³/mol. The number of ether oxygens (including phenoxy) is 2. The van der Waals surface area contributed by atoms with Gasteiger partial charge in [0, 0.05) is 37.9 Å². The molecule has 0 unspecified atom stereocenters. The lowest BCUT2D eigenvalue weighted by Gasteiger charge is -2.31. The number of thiazole rings is 1. The van der Waals surface area contributed by atoms with Crippen molar-refractivity contribution in [2.75, 3.05) is 57.7 Å². The number of nitrogens with zero attached hydrogens (tertiary/aromatic N) is 6. The van der Waals surface area contributed by atoms with Crippen LogP contribution in [0.3, 0.4) is 0 Å². The Morgan fingerprint density at radius 2 is 1.70 bits per heavy atom. The molecule has 7 rings (SSSR count). The number of hydrogen-bond donors (Lipinski definition) is 2. The Morgan fingerprint density at radius 3 is 2.46 bits per heavy atom. The first-order chi connectivity index (χ1) is 26.4. The average molecular weight is 746 g/mol. The number of rotatable bonds is 14. The summed E-state index contributed by atoms with van der Waals surface area (Å²) in [7, 11) is 5.00. The van der Waals surface area contributed by atoms with E-state index in [9.17, 15) is 9.59 Å². The minimum Gasteiger partial charge on any atom is -0.494 e. The van der Waals surface area contributed by atoms with Gasteiger partial charge in [0.2, 0.25) is 0 Å². The second-order valence-electron chi connectivity index (χ2n) is 12.8. The van der Waals surface area contributed by atoms with Gasteiger partial charge in [-0.05, 0) is 98.6 Å². The summed E-state index contributed by atoms with van der Waals surface area (Å²) >= 11 is 1.46. The van der Waals surface area contributed by atoms with Crippen LogP contribution in [0.5, 0.6) is 11.5 Å². The third-order valence-electron chi connectivity index (χ3n) is 8.87. The van der Waals surface area contributed by atoms with E-state index in [1.165, 1.54) is 11.3 Å². The van der Waals surface area contributed by atoms with Gasteiger partial charge in [-0.25, -0.2) is 19.9 Å². The fraction of sp³-hybridized carbons (Fsp3) is 0.268. The maximum atomic E-state index is 13.4. The molecule has 0 saturated heterocycles. The van der Waals surface area contributed by atoms with Crippen LogP contribution in [0.2, 0.25) is 0 Å². The number of amides is 1. The lowest BCUT2D eigenvalue weighted by atomic mass is 9.94. The molecule has 1 amide bonds. The molecule has 4 heterocycles. The van der Waals surface area contributed by atoms with Crippen LogP contribution in [-0.4, -0.2) is 89.6 Å². The third-order valence-corrected chi connectivity index (χ3v) is 9.82.